The Labute approximate surface area is 116 Å². The molecule has 1 N–H and O–H groups in total. The van der Waals surface area contributed by atoms with E-state index in [4.69, 9.17) is 4.74 Å². The lowest BCUT2D eigenvalue weighted by Crippen LogP contribution is -2.50. The van der Waals surface area contributed by atoms with Gasteiger partial charge < -0.3 is 20.0 Å². The van der Waals surface area contributed by atoms with Crippen LogP contribution in [0.4, 0.5) is 9.18 Å². The smallest absolute Gasteiger partial charge is 0.408 e. The van der Waals surface area contributed by atoms with Crippen LogP contribution in [0.1, 0.15) is 26.3 Å². The third-order valence-electron chi connectivity index (χ3n) is 2.36. The maximum atomic E-state index is 13.5. The molecule has 1 aromatic carbocycles. The van der Waals surface area contributed by atoms with Crippen LogP contribution in [-0.4, -0.2) is 23.7 Å². The fraction of sp³-hybridized carbons (Fsp3) is 0.429. The number of carbonyl (C=O) groups excluding carboxylic acids is 2. The van der Waals surface area contributed by atoms with Crippen LogP contribution >= 0.6 is 0 Å². The van der Waals surface area contributed by atoms with E-state index in [1.54, 1.807) is 26.8 Å². The predicted molar refractivity (Wildman–Crippen MR) is 68.3 cm³/mol. The molecule has 0 radical (unpaired) electrons. The van der Waals surface area contributed by atoms with Gasteiger partial charge in [-0.25, -0.2) is 9.18 Å². The molecule has 1 atom stereocenters. The highest BCUT2D eigenvalue weighted by atomic mass is 19.1. The van der Waals surface area contributed by atoms with Gasteiger partial charge in [-0.3, -0.25) is 0 Å². The second kappa shape index (κ2) is 6.36. The first-order valence-electron chi connectivity index (χ1n) is 6.13. The molecular formula is C14H17FNO4-. The molecule has 0 fully saturated rings. The molecule has 0 aromatic heterocycles. The van der Waals surface area contributed by atoms with E-state index in [1.165, 1.54) is 18.2 Å². The maximum Gasteiger partial charge on any atom is 0.408 e. The van der Waals surface area contributed by atoms with Crippen LogP contribution in [0.15, 0.2) is 24.3 Å². The van der Waals surface area contributed by atoms with Gasteiger partial charge in [-0.05, 0) is 32.4 Å². The number of carbonyl (C=O) groups is 2. The fourth-order valence-corrected chi connectivity index (χ4v) is 1.53. The summed E-state index contributed by atoms with van der Waals surface area (Å²) in [7, 11) is 0. The Morgan fingerprint density at radius 2 is 1.95 bits per heavy atom. The molecular weight excluding hydrogens is 265 g/mol. The Morgan fingerprint density at radius 1 is 1.35 bits per heavy atom. The molecule has 0 saturated heterocycles. The van der Waals surface area contributed by atoms with Crippen molar-refractivity contribution in [2.45, 2.75) is 38.8 Å². The van der Waals surface area contributed by atoms with Gasteiger partial charge in [0.1, 0.15) is 11.4 Å². The average molecular weight is 282 g/mol. The van der Waals surface area contributed by atoms with Crippen LogP contribution in [0.2, 0.25) is 0 Å². The number of amides is 1. The Morgan fingerprint density at radius 3 is 2.45 bits per heavy atom. The number of alkyl carbamates (subject to hydrolysis) is 1. The number of hydrogen-bond acceptors (Lipinski definition) is 4. The van der Waals surface area contributed by atoms with Crippen molar-refractivity contribution in [2.24, 2.45) is 0 Å². The van der Waals surface area contributed by atoms with Crippen molar-refractivity contribution in [3.63, 3.8) is 0 Å². The molecule has 0 aliphatic rings. The molecule has 0 aliphatic heterocycles. The molecule has 6 heteroatoms. The number of aliphatic carboxylic acids is 1. The van der Waals surface area contributed by atoms with Crippen molar-refractivity contribution < 1.29 is 23.8 Å². The van der Waals surface area contributed by atoms with E-state index < -0.39 is 29.5 Å². The minimum Gasteiger partial charge on any atom is -0.548 e. The van der Waals surface area contributed by atoms with Gasteiger partial charge in [0, 0.05) is 6.42 Å². The third kappa shape index (κ3) is 5.26. The highest BCUT2D eigenvalue weighted by molar-refractivity contribution is 5.79. The van der Waals surface area contributed by atoms with E-state index >= 15 is 0 Å². The lowest BCUT2D eigenvalue weighted by molar-refractivity contribution is -0.308. The van der Waals surface area contributed by atoms with Gasteiger partial charge >= 0.3 is 6.09 Å². The summed E-state index contributed by atoms with van der Waals surface area (Å²) in [5, 5.41) is 13.2. The van der Waals surface area contributed by atoms with Crippen LogP contribution in [-0.2, 0) is 16.0 Å². The van der Waals surface area contributed by atoms with Crippen molar-refractivity contribution in [1.29, 1.82) is 0 Å². The number of carboxylic acid groups (broad SMARTS) is 1. The molecule has 0 spiro atoms. The van der Waals surface area contributed by atoms with Crippen molar-refractivity contribution in [1.82, 2.24) is 5.32 Å². The van der Waals surface area contributed by atoms with E-state index in [1.807, 2.05) is 0 Å². The normalized spacial score (nSPS) is 12.6. The third-order valence-corrected chi connectivity index (χ3v) is 2.36. The van der Waals surface area contributed by atoms with Gasteiger partial charge in [0.2, 0.25) is 0 Å². The van der Waals surface area contributed by atoms with Crippen LogP contribution in [0.5, 0.6) is 0 Å². The molecule has 1 aromatic rings. The summed E-state index contributed by atoms with van der Waals surface area (Å²) in [5.74, 6) is -2.04. The van der Waals surface area contributed by atoms with E-state index in [9.17, 15) is 19.1 Å². The zero-order chi connectivity index (χ0) is 15.3. The quantitative estimate of drug-likeness (QED) is 0.894. The first kappa shape index (κ1) is 15.9. The van der Waals surface area contributed by atoms with Crippen molar-refractivity contribution >= 4 is 12.1 Å². The predicted octanol–water partition coefficient (Wildman–Crippen LogP) is 1.01. The fourth-order valence-electron chi connectivity index (χ4n) is 1.53. The largest absolute Gasteiger partial charge is 0.548 e. The lowest BCUT2D eigenvalue weighted by atomic mass is 10.1. The number of rotatable bonds is 4. The minimum absolute atomic E-state index is 0.178. The van der Waals surface area contributed by atoms with E-state index in [0.717, 1.165) is 0 Å². The van der Waals surface area contributed by atoms with Crippen LogP contribution in [0, 0.1) is 5.82 Å². The zero-order valence-electron chi connectivity index (χ0n) is 11.6. The summed E-state index contributed by atoms with van der Waals surface area (Å²) in [6, 6.07) is 4.38. The van der Waals surface area contributed by atoms with Gasteiger partial charge in [0.15, 0.2) is 0 Å². The van der Waals surface area contributed by atoms with Crippen LogP contribution in [0.25, 0.3) is 0 Å². The summed E-state index contributed by atoms with van der Waals surface area (Å²) < 4.78 is 18.4. The van der Waals surface area contributed by atoms with Gasteiger partial charge in [-0.2, -0.15) is 0 Å². The molecule has 1 amide bonds. The number of halogens is 1. The van der Waals surface area contributed by atoms with Crippen molar-refractivity contribution in [2.75, 3.05) is 0 Å². The molecule has 5 nitrogen and oxygen atoms in total. The molecule has 0 saturated carbocycles. The SMILES string of the molecule is CC(C)(C)OC(=O)NC(Cc1ccccc1F)C(=O)[O-]. The molecule has 1 rings (SSSR count). The van der Waals surface area contributed by atoms with E-state index in [2.05, 4.69) is 5.32 Å². The van der Waals surface area contributed by atoms with Gasteiger partial charge in [0.05, 0.1) is 12.0 Å². The molecule has 0 bridgehead atoms. The highest BCUT2D eigenvalue weighted by Crippen LogP contribution is 2.10. The topological polar surface area (TPSA) is 78.5 Å². The number of hydrogen-bond donors (Lipinski definition) is 1. The maximum absolute atomic E-state index is 13.5. The molecule has 20 heavy (non-hydrogen) atoms. The van der Waals surface area contributed by atoms with Gasteiger partial charge in [0.25, 0.3) is 0 Å². The summed E-state index contributed by atoms with van der Waals surface area (Å²) in [5.41, 5.74) is -0.573. The lowest BCUT2D eigenvalue weighted by Gasteiger charge is -2.24. The highest BCUT2D eigenvalue weighted by Gasteiger charge is 2.21. The Hall–Kier alpha value is -2.11. The van der Waals surface area contributed by atoms with E-state index in [0.29, 0.717) is 0 Å². The number of benzene rings is 1. The summed E-state index contributed by atoms with van der Waals surface area (Å²) in [6.07, 6.45) is -1.10. The minimum atomic E-state index is -1.50. The van der Waals surface area contributed by atoms with Crippen molar-refractivity contribution in [3.8, 4) is 0 Å². The summed E-state index contributed by atoms with van der Waals surface area (Å²) in [4.78, 5) is 22.5. The first-order valence-corrected chi connectivity index (χ1v) is 6.13. The molecule has 110 valence electrons. The van der Waals surface area contributed by atoms with Gasteiger partial charge in [-0.15, -0.1) is 0 Å². The second-order valence-electron chi connectivity index (χ2n) is 5.31. The monoisotopic (exact) mass is 282 g/mol. The van der Waals surface area contributed by atoms with Crippen LogP contribution in [0.3, 0.4) is 0 Å². The molecule has 1 unspecified atom stereocenters. The summed E-state index contributed by atoms with van der Waals surface area (Å²) in [6.45, 7) is 4.95. The Bertz CT molecular complexity index is 496. The number of nitrogens with one attached hydrogen (secondary N) is 1. The zero-order valence-corrected chi connectivity index (χ0v) is 11.6. The standard InChI is InChI=1S/C14H18FNO4/c1-14(2,3)20-13(19)16-11(12(17)18)8-9-6-4-5-7-10(9)15/h4-7,11H,8H2,1-3H3,(H,16,19)(H,17,18)/p-1. The van der Waals surface area contributed by atoms with Gasteiger partial charge in [-0.1, -0.05) is 18.2 Å². The Balaban J connectivity index is 2.74. The second-order valence-corrected chi connectivity index (χ2v) is 5.31. The van der Waals surface area contributed by atoms with Crippen LogP contribution < -0.4 is 10.4 Å². The average Bonchev–Trinajstić information content (AvgIpc) is 2.28. The van der Waals surface area contributed by atoms with E-state index in [-0.39, 0.29) is 12.0 Å². The summed E-state index contributed by atoms with van der Waals surface area (Å²) >= 11 is 0. The Kier molecular flexibility index (Phi) is 5.07. The van der Waals surface area contributed by atoms with Crippen molar-refractivity contribution in [3.05, 3.63) is 35.6 Å². The first-order chi connectivity index (χ1) is 9.19. The molecule has 0 heterocycles. The number of ether oxygens (including phenoxy) is 1. The number of carboxylic acids is 1. The molecule has 0 aliphatic carbocycles.